The number of hydrogen-bond acceptors (Lipinski definition) is 3. The second-order valence-corrected chi connectivity index (χ2v) is 3.54. The normalized spacial score (nSPS) is 12.7. The zero-order chi connectivity index (χ0) is 10.9. The van der Waals surface area contributed by atoms with Crippen LogP contribution < -0.4 is 5.73 Å². The highest BCUT2D eigenvalue weighted by Crippen LogP contribution is 2.01. The minimum atomic E-state index is 0.0748. The molecular formula is C12H19NO2. The molecule has 3 heteroatoms. The van der Waals surface area contributed by atoms with Crippen molar-refractivity contribution in [3.63, 3.8) is 0 Å². The van der Waals surface area contributed by atoms with Gasteiger partial charge in [0.15, 0.2) is 0 Å². The molecule has 1 atom stereocenters. The van der Waals surface area contributed by atoms with Crippen molar-refractivity contribution in [3.05, 3.63) is 35.9 Å². The van der Waals surface area contributed by atoms with Gasteiger partial charge in [-0.15, -0.1) is 0 Å². The Morgan fingerprint density at radius 1 is 1.27 bits per heavy atom. The molecule has 1 aromatic carbocycles. The van der Waals surface area contributed by atoms with E-state index >= 15 is 0 Å². The number of rotatable bonds is 7. The van der Waals surface area contributed by atoms with Crippen LogP contribution in [0.5, 0.6) is 0 Å². The van der Waals surface area contributed by atoms with Gasteiger partial charge in [-0.3, -0.25) is 0 Å². The molecule has 2 N–H and O–H groups in total. The first-order valence-corrected chi connectivity index (χ1v) is 5.19. The summed E-state index contributed by atoms with van der Waals surface area (Å²) in [6.45, 7) is 1.93. The molecule has 0 radical (unpaired) electrons. The lowest BCUT2D eigenvalue weighted by Crippen LogP contribution is -2.27. The van der Waals surface area contributed by atoms with Gasteiger partial charge >= 0.3 is 0 Å². The van der Waals surface area contributed by atoms with E-state index in [4.69, 9.17) is 15.2 Å². The van der Waals surface area contributed by atoms with Gasteiger partial charge in [-0.2, -0.15) is 0 Å². The van der Waals surface area contributed by atoms with Crippen LogP contribution in [0.4, 0.5) is 0 Å². The van der Waals surface area contributed by atoms with Crippen molar-refractivity contribution < 1.29 is 9.47 Å². The Labute approximate surface area is 91.2 Å². The molecule has 0 aliphatic rings. The maximum Gasteiger partial charge on any atom is 0.0716 e. The Balaban J connectivity index is 2.07. The van der Waals surface area contributed by atoms with E-state index in [0.717, 1.165) is 6.42 Å². The third kappa shape index (κ3) is 5.52. The smallest absolute Gasteiger partial charge is 0.0716 e. The molecule has 1 unspecified atom stereocenters. The topological polar surface area (TPSA) is 44.5 Å². The van der Waals surface area contributed by atoms with Gasteiger partial charge in [0.05, 0.1) is 13.2 Å². The van der Waals surface area contributed by atoms with Crippen LogP contribution in [0.2, 0.25) is 0 Å². The number of nitrogens with two attached hydrogens (primary N) is 1. The largest absolute Gasteiger partial charge is 0.383 e. The monoisotopic (exact) mass is 209 g/mol. The fraction of sp³-hybridized carbons (Fsp3) is 0.500. The van der Waals surface area contributed by atoms with E-state index < -0.39 is 0 Å². The minimum absolute atomic E-state index is 0.0748. The summed E-state index contributed by atoms with van der Waals surface area (Å²) in [5.41, 5.74) is 6.95. The predicted molar refractivity (Wildman–Crippen MR) is 60.6 cm³/mol. The Hall–Kier alpha value is -0.900. The first kappa shape index (κ1) is 12.2. The van der Waals surface area contributed by atoms with Crippen LogP contribution in [0.1, 0.15) is 12.0 Å². The number of methoxy groups -OCH3 is 1. The molecular weight excluding hydrogens is 190 g/mol. The predicted octanol–water partition coefficient (Wildman–Crippen LogP) is 1.57. The van der Waals surface area contributed by atoms with Crippen molar-refractivity contribution in [2.75, 3.05) is 20.3 Å². The van der Waals surface area contributed by atoms with Crippen molar-refractivity contribution in [1.29, 1.82) is 0 Å². The van der Waals surface area contributed by atoms with Gasteiger partial charge in [0.2, 0.25) is 0 Å². The van der Waals surface area contributed by atoms with E-state index in [1.165, 1.54) is 5.56 Å². The lowest BCUT2D eigenvalue weighted by Gasteiger charge is -2.10. The molecule has 1 rings (SSSR count). The second-order valence-electron chi connectivity index (χ2n) is 3.54. The van der Waals surface area contributed by atoms with Crippen molar-refractivity contribution in [2.24, 2.45) is 5.73 Å². The van der Waals surface area contributed by atoms with Gasteiger partial charge in [-0.25, -0.2) is 0 Å². The summed E-state index contributed by atoms with van der Waals surface area (Å²) in [6.07, 6.45) is 0.834. The Morgan fingerprint density at radius 2 is 2.00 bits per heavy atom. The third-order valence-electron chi connectivity index (χ3n) is 2.13. The summed E-state index contributed by atoms with van der Waals surface area (Å²) in [4.78, 5) is 0. The highest BCUT2D eigenvalue weighted by atomic mass is 16.5. The van der Waals surface area contributed by atoms with Gasteiger partial charge in [0.25, 0.3) is 0 Å². The van der Waals surface area contributed by atoms with Crippen LogP contribution in [0.25, 0.3) is 0 Å². The zero-order valence-corrected chi connectivity index (χ0v) is 9.19. The average Bonchev–Trinajstić information content (AvgIpc) is 2.26. The molecule has 1 aromatic rings. The maximum absolute atomic E-state index is 5.76. The molecule has 0 amide bonds. The first-order chi connectivity index (χ1) is 7.33. The number of ether oxygens (including phenoxy) is 2. The van der Waals surface area contributed by atoms with Crippen LogP contribution in [-0.4, -0.2) is 26.4 Å². The highest BCUT2D eigenvalue weighted by molar-refractivity contribution is 5.13. The summed E-state index contributed by atoms with van der Waals surface area (Å²) < 4.78 is 10.4. The molecule has 0 saturated heterocycles. The zero-order valence-electron chi connectivity index (χ0n) is 9.19. The molecule has 0 aromatic heterocycles. The standard InChI is InChI=1S/C12H19NO2/c1-14-10-12(13)7-8-15-9-11-5-3-2-4-6-11/h2-6,12H,7-10,13H2,1H3. The van der Waals surface area contributed by atoms with Crippen molar-refractivity contribution >= 4 is 0 Å². The van der Waals surface area contributed by atoms with Gasteiger partial charge < -0.3 is 15.2 Å². The molecule has 0 fully saturated rings. The van der Waals surface area contributed by atoms with E-state index in [2.05, 4.69) is 12.1 Å². The maximum atomic E-state index is 5.76. The fourth-order valence-corrected chi connectivity index (χ4v) is 1.30. The average molecular weight is 209 g/mol. The van der Waals surface area contributed by atoms with Gasteiger partial charge in [0, 0.05) is 19.8 Å². The molecule has 0 aliphatic heterocycles. The summed E-state index contributed by atoms with van der Waals surface area (Å²) in [6, 6.07) is 10.2. The molecule has 0 bridgehead atoms. The van der Waals surface area contributed by atoms with Gasteiger partial charge in [-0.05, 0) is 12.0 Å². The van der Waals surface area contributed by atoms with E-state index in [0.29, 0.717) is 19.8 Å². The highest BCUT2D eigenvalue weighted by Gasteiger charge is 2.00. The van der Waals surface area contributed by atoms with Crippen molar-refractivity contribution in [2.45, 2.75) is 19.1 Å². The third-order valence-corrected chi connectivity index (χ3v) is 2.13. The van der Waals surface area contributed by atoms with E-state index in [-0.39, 0.29) is 6.04 Å². The van der Waals surface area contributed by atoms with Crippen molar-refractivity contribution in [1.82, 2.24) is 0 Å². The van der Waals surface area contributed by atoms with Crippen LogP contribution in [0, 0.1) is 0 Å². The fourth-order valence-electron chi connectivity index (χ4n) is 1.30. The SMILES string of the molecule is COCC(N)CCOCc1ccccc1. The van der Waals surface area contributed by atoms with E-state index in [9.17, 15) is 0 Å². The van der Waals surface area contributed by atoms with Crippen LogP contribution in [0.3, 0.4) is 0 Å². The lowest BCUT2D eigenvalue weighted by molar-refractivity contribution is 0.101. The quantitative estimate of drug-likeness (QED) is 0.693. The first-order valence-electron chi connectivity index (χ1n) is 5.19. The van der Waals surface area contributed by atoms with Gasteiger partial charge in [-0.1, -0.05) is 30.3 Å². The van der Waals surface area contributed by atoms with Crippen LogP contribution in [-0.2, 0) is 16.1 Å². The molecule has 0 spiro atoms. The van der Waals surface area contributed by atoms with Crippen LogP contribution >= 0.6 is 0 Å². The Morgan fingerprint density at radius 3 is 2.67 bits per heavy atom. The van der Waals surface area contributed by atoms with E-state index in [1.54, 1.807) is 7.11 Å². The van der Waals surface area contributed by atoms with Crippen molar-refractivity contribution in [3.8, 4) is 0 Å². The van der Waals surface area contributed by atoms with Crippen LogP contribution in [0.15, 0.2) is 30.3 Å². The summed E-state index contributed by atoms with van der Waals surface area (Å²) in [7, 11) is 1.66. The molecule has 0 aliphatic carbocycles. The molecule has 15 heavy (non-hydrogen) atoms. The number of hydrogen-bond donors (Lipinski definition) is 1. The lowest BCUT2D eigenvalue weighted by atomic mass is 10.2. The summed E-state index contributed by atoms with van der Waals surface area (Å²) in [5, 5.41) is 0. The Bertz CT molecular complexity index is 251. The van der Waals surface area contributed by atoms with E-state index in [1.807, 2.05) is 18.2 Å². The molecule has 84 valence electrons. The minimum Gasteiger partial charge on any atom is -0.383 e. The van der Waals surface area contributed by atoms with Gasteiger partial charge in [0.1, 0.15) is 0 Å². The Kier molecular flexibility index (Phi) is 6.00. The molecule has 3 nitrogen and oxygen atoms in total. The molecule has 0 saturated carbocycles. The number of benzene rings is 1. The molecule has 0 heterocycles. The summed E-state index contributed by atoms with van der Waals surface area (Å²) in [5.74, 6) is 0. The second kappa shape index (κ2) is 7.40. The summed E-state index contributed by atoms with van der Waals surface area (Å²) >= 11 is 0.